The average molecular weight is 420 g/mol. The zero-order valence-electron chi connectivity index (χ0n) is 15.6. The van der Waals surface area contributed by atoms with Gasteiger partial charge in [0.2, 0.25) is 5.75 Å². The second-order valence-electron chi connectivity index (χ2n) is 6.62. The molecule has 0 unspecified atom stereocenters. The zero-order valence-corrected chi connectivity index (χ0v) is 15.6. The van der Waals surface area contributed by atoms with Crippen molar-refractivity contribution in [2.24, 2.45) is 7.05 Å². The molecular weight excluding hydrogens is 405 g/mol. The number of aryl methyl sites for hydroxylation is 1. The van der Waals surface area contributed by atoms with Gasteiger partial charge in [0.15, 0.2) is 0 Å². The summed E-state index contributed by atoms with van der Waals surface area (Å²) < 4.78 is 52.6. The molecule has 156 valence electrons. The molecule has 4 rings (SSSR count). The number of benzene rings is 1. The number of aromatic nitrogens is 4. The highest BCUT2D eigenvalue weighted by atomic mass is 19.3. The highest BCUT2D eigenvalue weighted by Crippen LogP contribution is 2.34. The average Bonchev–Trinajstić information content (AvgIpc) is 3.25. The molecule has 0 amide bonds. The maximum Gasteiger partial charge on any atom is 0.313 e. The Balaban J connectivity index is 1.63. The number of fused-ring (bicyclic) bond motifs is 1. The highest BCUT2D eigenvalue weighted by Gasteiger charge is 2.27. The van der Waals surface area contributed by atoms with Crippen LogP contribution in [0, 0.1) is 5.82 Å². The van der Waals surface area contributed by atoms with E-state index in [2.05, 4.69) is 10.2 Å². The Hall–Kier alpha value is -3.63. The highest BCUT2D eigenvalue weighted by molar-refractivity contribution is 5.82. The first-order valence-corrected chi connectivity index (χ1v) is 8.89. The van der Waals surface area contributed by atoms with Crippen molar-refractivity contribution in [3.8, 4) is 22.8 Å². The summed E-state index contributed by atoms with van der Waals surface area (Å²) in [5.41, 5.74) is 0.450. The van der Waals surface area contributed by atoms with Crippen molar-refractivity contribution in [1.82, 2.24) is 19.6 Å². The smallest absolute Gasteiger partial charge is 0.313 e. The molecule has 3 heterocycles. The summed E-state index contributed by atoms with van der Waals surface area (Å²) in [6.45, 7) is 0.0525. The maximum atomic E-state index is 13.5. The lowest BCUT2D eigenvalue weighted by atomic mass is 10.1. The van der Waals surface area contributed by atoms with Gasteiger partial charge in [0.05, 0.1) is 31.1 Å². The molecular formula is C19H15F3N4O4. The van der Waals surface area contributed by atoms with E-state index in [1.165, 1.54) is 28.7 Å². The minimum absolute atomic E-state index is 0.00976. The van der Waals surface area contributed by atoms with Gasteiger partial charge in [-0.15, -0.1) is 0 Å². The van der Waals surface area contributed by atoms with Gasteiger partial charge < -0.3 is 9.47 Å². The van der Waals surface area contributed by atoms with Gasteiger partial charge in [-0.1, -0.05) is 6.07 Å². The van der Waals surface area contributed by atoms with Crippen molar-refractivity contribution in [3.63, 3.8) is 0 Å². The number of esters is 2. The molecule has 30 heavy (non-hydrogen) atoms. The Labute approximate surface area is 167 Å². The van der Waals surface area contributed by atoms with Crippen LogP contribution in [-0.2, 0) is 23.2 Å². The summed E-state index contributed by atoms with van der Waals surface area (Å²) in [7, 11) is 1.53. The topological polar surface area (TPSA) is 88.2 Å². The summed E-state index contributed by atoms with van der Waals surface area (Å²) in [6, 6.07) is 3.42. The lowest BCUT2D eigenvalue weighted by Gasteiger charge is -2.11. The summed E-state index contributed by atoms with van der Waals surface area (Å²) in [5, 5.41) is 8.38. The van der Waals surface area contributed by atoms with Gasteiger partial charge in [-0.2, -0.15) is 10.2 Å². The van der Waals surface area contributed by atoms with Gasteiger partial charge in [0.25, 0.3) is 12.3 Å². The van der Waals surface area contributed by atoms with Gasteiger partial charge in [-0.25, -0.2) is 17.9 Å². The molecule has 0 atom stereocenters. The molecule has 1 aliphatic rings. The number of alkyl halides is 2. The van der Waals surface area contributed by atoms with Crippen molar-refractivity contribution in [2.45, 2.75) is 25.8 Å². The van der Waals surface area contributed by atoms with Gasteiger partial charge in [-0.3, -0.25) is 14.3 Å². The lowest BCUT2D eigenvalue weighted by Crippen LogP contribution is -2.19. The Kier molecular flexibility index (Phi) is 5.02. The number of carbonyl (C=O) groups is 2. The Morgan fingerprint density at radius 3 is 2.60 bits per heavy atom. The molecule has 0 aliphatic carbocycles. The third-order valence-electron chi connectivity index (χ3n) is 4.49. The van der Waals surface area contributed by atoms with Crippen LogP contribution in [-0.4, -0.2) is 31.5 Å². The number of hydrogen-bond acceptors (Lipinski definition) is 6. The number of halogens is 3. The van der Waals surface area contributed by atoms with Crippen LogP contribution in [0.4, 0.5) is 13.2 Å². The van der Waals surface area contributed by atoms with Crippen molar-refractivity contribution < 1.29 is 32.2 Å². The predicted octanol–water partition coefficient (Wildman–Crippen LogP) is 3.01. The molecule has 1 aliphatic heterocycles. The first-order valence-electron chi connectivity index (χ1n) is 8.89. The van der Waals surface area contributed by atoms with E-state index >= 15 is 0 Å². The van der Waals surface area contributed by atoms with E-state index in [0.29, 0.717) is 11.1 Å². The monoisotopic (exact) mass is 420 g/mol. The summed E-state index contributed by atoms with van der Waals surface area (Å²) in [6.07, 6.45) is -0.165. The van der Waals surface area contributed by atoms with Crippen LogP contribution in [0.25, 0.3) is 11.1 Å². The van der Waals surface area contributed by atoms with Crippen LogP contribution in [0.2, 0.25) is 0 Å². The summed E-state index contributed by atoms with van der Waals surface area (Å²) in [5.74, 6) is -2.11. The molecule has 0 N–H and O–H groups in total. The van der Waals surface area contributed by atoms with Gasteiger partial charge in [-0.05, 0) is 17.7 Å². The van der Waals surface area contributed by atoms with Gasteiger partial charge >= 0.3 is 11.9 Å². The van der Waals surface area contributed by atoms with E-state index in [0.717, 1.165) is 12.1 Å². The van der Waals surface area contributed by atoms with E-state index in [9.17, 15) is 22.8 Å². The van der Waals surface area contributed by atoms with E-state index in [1.54, 1.807) is 6.20 Å². The van der Waals surface area contributed by atoms with Crippen molar-refractivity contribution in [2.75, 3.05) is 0 Å². The minimum atomic E-state index is -2.94. The minimum Gasteiger partial charge on any atom is -0.419 e. The van der Waals surface area contributed by atoms with E-state index in [4.69, 9.17) is 9.47 Å². The molecule has 1 aromatic carbocycles. The Morgan fingerprint density at radius 1 is 1.13 bits per heavy atom. The van der Waals surface area contributed by atoms with Crippen LogP contribution in [0.5, 0.6) is 11.6 Å². The molecule has 2 aromatic heterocycles. The van der Waals surface area contributed by atoms with Crippen LogP contribution in [0.3, 0.4) is 0 Å². The second kappa shape index (κ2) is 7.65. The van der Waals surface area contributed by atoms with Gasteiger partial charge in [0.1, 0.15) is 11.5 Å². The van der Waals surface area contributed by atoms with Gasteiger partial charge in [0, 0.05) is 18.8 Å². The van der Waals surface area contributed by atoms with Crippen LogP contribution < -0.4 is 9.47 Å². The quantitative estimate of drug-likeness (QED) is 0.603. The number of ether oxygens (including phenoxy) is 2. The zero-order chi connectivity index (χ0) is 21.4. The third-order valence-corrected chi connectivity index (χ3v) is 4.49. The molecule has 11 heteroatoms. The molecule has 0 bridgehead atoms. The standard InChI is InChI=1S/C19H15F3N4O4/c1-25-19-17(29-15(27)4-5-16(28)30-19)14(24-25)9-26-8-11(7-23-26)10-2-3-13(20)12(6-10)18(21)22/h2-3,6-8,18H,4-5,9H2,1H3. The first-order chi connectivity index (χ1) is 14.3. The molecule has 0 radical (unpaired) electrons. The fraction of sp³-hybridized carbons (Fsp3) is 0.263. The number of rotatable bonds is 4. The molecule has 8 nitrogen and oxygen atoms in total. The number of nitrogens with zero attached hydrogens (tertiary/aromatic N) is 4. The molecule has 0 fully saturated rings. The number of carbonyl (C=O) groups excluding carboxylic acids is 2. The summed E-state index contributed by atoms with van der Waals surface area (Å²) >= 11 is 0. The fourth-order valence-corrected chi connectivity index (χ4v) is 3.03. The third kappa shape index (κ3) is 3.78. The van der Waals surface area contributed by atoms with E-state index in [1.807, 2.05) is 0 Å². The fourth-order valence-electron chi connectivity index (χ4n) is 3.03. The molecule has 0 spiro atoms. The second-order valence-corrected chi connectivity index (χ2v) is 6.62. The van der Waals surface area contributed by atoms with Crippen LogP contribution >= 0.6 is 0 Å². The SMILES string of the molecule is Cn1nc(Cn2cc(-c3ccc(F)c(C(F)F)c3)cn2)c2c1OC(=O)CCC(=O)O2. The Morgan fingerprint density at radius 2 is 1.87 bits per heavy atom. The van der Waals surface area contributed by atoms with Crippen molar-refractivity contribution in [3.05, 3.63) is 47.7 Å². The maximum absolute atomic E-state index is 13.5. The van der Waals surface area contributed by atoms with Crippen molar-refractivity contribution in [1.29, 1.82) is 0 Å². The normalized spacial score (nSPS) is 14.2. The van der Waals surface area contributed by atoms with Crippen molar-refractivity contribution >= 4 is 11.9 Å². The van der Waals surface area contributed by atoms with Crippen LogP contribution in [0.1, 0.15) is 30.5 Å². The number of hydrogen-bond donors (Lipinski definition) is 0. The summed E-state index contributed by atoms with van der Waals surface area (Å²) in [4.78, 5) is 23.6. The van der Waals surface area contributed by atoms with Crippen LogP contribution in [0.15, 0.2) is 30.6 Å². The molecule has 3 aromatic rings. The Bertz CT molecular complexity index is 1140. The predicted molar refractivity (Wildman–Crippen MR) is 95.4 cm³/mol. The first kappa shape index (κ1) is 19.7. The molecule has 0 saturated carbocycles. The molecule has 0 saturated heterocycles. The lowest BCUT2D eigenvalue weighted by molar-refractivity contribution is -0.143. The largest absolute Gasteiger partial charge is 0.419 e. The van der Waals surface area contributed by atoms with E-state index < -0.39 is 29.7 Å². The van der Waals surface area contributed by atoms with E-state index in [-0.39, 0.29) is 36.7 Å².